The van der Waals surface area contributed by atoms with E-state index in [4.69, 9.17) is 0 Å². The SMILES string of the molecule is C=C(Cc1ccc(-c2ccc(O)c3c2CC2(C)CC4(C)C(C(C)C)C(=O)C(C(C)=O)C(=O)C4(O)C(=O)C2C3=O)cc1)CC(C)CC. The molecule has 2 N–H and O–H groups in total. The molecule has 46 heavy (non-hydrogen) atoms. The Morgan fingerprint density at radius 2 is 1.63 bits per heavy atom. The van der Waals surface area contributed by atoms with Crippen molar-refractivity contribution in [3.63, 3.8) is 0 Å². The lowest BCUT2D eigenvalue weighted by Gasteiger charge is -2.61. The van der Waals surface area contributed by atoms with E-state index in [1.54, 1.807) is 33.8 Å². The number of phenolic OH excluding ortho intramolecular Hbond substituents is 1. The van der Waals surface area contributed by atoms with Crippen molar-refractivity contribution in [1.82, 2.24) is 0 Å². The molecule has 244 valence electrons. The van der Waals surface area contributed by atoms with E-state index >= 15 is 0 Å². The minimum Gasteiger partial charge on any atom is -0.507 e. The molecule has 2 fully saturated rings. The molecular weight excluding hydrogens is 580 g/mol. The van der Waals surface area contributed by atoms with Crippen LogP contribution in [0.15, 0.2) is 48.6 Å². The zero-order valence-corrected chi connectivity index (χ0v) is 28.0. The van der Waals surface area contributed by atoms with E-state index in [9.17, 15) is 34.2 Å². The van der Waals surface area contributed by atoms with Crippen molar-refractivity contribution < 1.29 is 34.2 Å². The van der Waals surface area contributed by atoms with Crippen molar-refractivity contribution >= 4 is 28.9 Å². The summed E-state index contributed by atoms with van der Waals surface area (Å²) in [6.07, 6.45) is 3.05. The third kappa shape index (κ3) is 4.85. The standard InChI is InChI=1S/C39H46O7/c1-9-21(4)16-22(5)17-24-10-12-25(13-11-24)26-14-15-28(41)30-27(26)18-37(7)19-38(8)31(20(2)3)33(42)29(23(6)40)35(44)39(38,46)36(45)32(37)34(30)43/h10-15,20-21,29,31-32,41,46H,5,9,16-19H2,1-4,6-8H3. The van der Waals surface area contributed by atoms with Gasteiger partial charge >= 0.3 is 0 Å². The molecule has 7 atom stereocenters. The van der Waals surface area contributed by atoms with Gasteiger partial charge in [0.2, 0.25) is 0 Å². The molecule has 7 heteroatoms. The fourth-order valence-electron chi connectivity index (χ4n) is 9.21. The average molecular weight is 627 g/mol. The van der Waals surface area contributed by atoms with E-state index < -0.39 is 69.0 Å². The van der Waals surface area contributed by atoms with E-state index in [1.807, 2.05) is 24.3 Å². The van der Waals surface area contributed by atoms with Crippen LogP contribution in [0.25, 0.3) is 11.1 Å². The highest BCUT2D eigenvalue weighted by molar-refractivity contribution is 6.32. The number of Topliss-reactive ketones (excluding diaryl/α,β-unsaturated/α-hetero) is 5. The largest absolute Gasteiger partial charge is 0.507 e. The van der Waals surface area contributed by atoms with Crippen LogP contribution in [0, 0.1) is 40.4 Å². The Labute approximate surface area is 271 Å². The summed E-state index contributed by atoms with van der Waals surface area (Å²) in [7, 11) is 0. The number of aliphatic hydroxyl groups is 1. The number of benzene rings is 2. The molecule has 7 nitrogen and oxygen atoms in total. The number of hydrogen-bond donors (Lipinski definition) is 2. The molecule has 2 aromatic rings. The molecule has 0 aromatic heterocycles. The van der Waals surface area contributed by atoms with Crippen molar-refractivity contribution in [3.8, 4) is 16.9 Å². The quantitative estimate of drug-likeness (QED) is 0.260. The van der Waals surface area contributed by atoms with Crippen molar-refractivity contribution in [2.45, 2.75) is 86.2 Å². The highest BCUT2D eigenvalue weighted by atomic mass is 16.3. The van der Waals surface area contributed by atoms with Gasteiger partial charge < -0.3 is 10.2 Å². The summed E-state index contributed by atoms with van der Waals surface area (Å²) < 4.78 is 0. The minimum absolute atomic E-state index is 0.00870. The predicted molar refractivity (Wildman–Crippen MR) is 175 cm³/mol. The van der Waals surface area contributed by atoms with E-state index in [-0.39, 0.29) is 24.2 Å². The lowest BCUT2D eigenvalue weighted by molar-refractivity contribution is -0.205. The van der Waals surface area contributed by atoms with Crippen LogP contribution in [-0.2, 0) is 32.0 Å². The van der Waals surface area contributed by atoms with Gasteiger partial charge in [-0.3, -0.25) is 24.0 Å². The number of ketones is 5. The molecule has 3 aliphatic carbocycles. The summed E-state index contributed by atoms with van der Waals surface area (Å²) in [4.78, 5) is 68.9. The van der Waals surface area contributed by atoms with E-state index in [0.29, 0.717) is 11.5 Å². The summed E-state index contributed by atoms with van der Waals surface area (Å²) in [5.74, 6) is -8.36. The molecule has 2 saturated carbocycles. The number of fused-ring (bicyclic) bond motifs is 3. The Morgan fingerprint density at radius 3 is 2.20 bits per heavy atom. The number of aromatic hydroxyl groups is 1. The second-order valence-electron chi connectivity index (χ2n) is 15.2. The molecule has 0 amide bonds. The number of rotatable bonds is 8. The van der Waals surface area contributed by atoms with Crippen LogP contribution < -0.4 is 0 Å². The molecule has 0 bridgehead atoms. The molecular formula is C39H46O7. The molecule has 0 radical (unpaired) electrons. The van der Waals surface area contributed by atoms with Crippen molar-refractivity contribution in [2.75, 3.05) is 0 Å². The first kappa shape index (κ1) is 33.6. The van der Waals surface area contributed by atoms with Gasteiger partial charge in [0.15, 0.2) is 28.7 Å². The maximum absolute atomic E-state index is 14.5. The number of phenols is 1. The highest BCUT2D eigenvalue weighted by Crippen LogP contribution is 2.64. The van der Waals surface area contributed by atoms with Crippen LogP contribution in [0.5, 0.6) is 5.75 Å². The molecule has 3 aliphatic rings. The van der Waals surface area contributed by atoms with Gasteiger partial charge in [-0.05, 0) is 78.2 Å². The zero-order chi connectivity index (χ0) is 34.1. The van der Waals surface area contributed by atoms with Gasteiger partial charge in [-0.15, -0.1) is 0 Å². The van der Waals surface area contributed by atoms with Crippen LogP contribution in [0.4, 0.5) is 0 Å². The maximum Gasteiger partial charge on any atom is 0.190 e. The fraction of sp³-hybridized carbons (Fsp3) is 0.513. The number of carbonyl (C=O) groups excluding carboxylic acids is 5. The van der Waals surface area contributed by atoms with E-state index in [1.165, 1.54) is 6.07 Å². The molecule has 0 saturated heterocycles. The number of carbonyl (C=O) groups is 5. The van der Waals surface area contributed by atoms with Crippen LogP contribution in [0.3, 0.4) is 0 Å². The topological polar surface area (TPSA) is 126 Å². The molecule has 0 spiro atoms. The van der Waals surface area contributed by atoms with Crippen molar-refractivity contribution in [1.29, 1.82) is 0 Å². The monoisotopic (exact) mass is 626 g/mol. The summed E-state index contributed by atoms with van der Waals surface area (Å²) in [5.41, 5.74) is -0.841. The van der Waals surface area contributed by atoms with Gasteiger partial charge in [-0.1, -0.05) is 90.4 Å². The van der Waals surface area contributed by atoms with E-state index in [0.717, 1.165) is 48.4 Å². The first-order valence-electron chi connectivity index (χ1n) is 16.4. The van der Waals surface area contributed by atoms with Gasteiger partial charge in [-0.2, -0.15) is 0 Å². The molecule has 2 aromatic carbocycles. The Bertz CT molecular complexity index is 1670. The van der Waals surface area contributed by atoms with Crippen LogP contribution in [0.2, 0.25) is 0 Å². The lowest BCUT2D eigenvalue weighted by atomic mass is 9.40. The van der Waals surface area contributed by atoms with Gasteiger partial charge in [-0.25, -0.2) is 0 Å². The number of hydrogen-bond acceptors (Lipinski definition) is 7. The fourth-order valence-corrected chi connectivity index (χ4v) is 9.21. The zero-order valence-electron chi connectivity index (χ0n) is 28.0. The normalized spacial score (nSPS) is 31.3. The van der Waals surface area contributed by atoms with Crippen LogP contribution >= 0.6 is 0 Å². The summed E-state index contributed by atoms with van der Waals surface area (Å²) in [6, 6.07) is 11.3. The van der Waals surface area contributed by atoms with Gasteiger partial charge in [0, 0.05) is 11.3 Å². The summed E-state index contributed by atoms with van der Waals surface area (Å²) in [5, 5.41) is 23.2. The first-order chi connectivity index (χ1) is 21.4. The van der Waals surface area contributed by atoms with Crippen molar-refractivity contribution in [3.05, 3.63) is 65.2 Å². The molecule has 0 heterocycles. The first-order valence-corrected chi connectivity index (χ1v) is 16.4. The predicted octanol–water partition coefficient (Wildman–Crippen LogP) is 6.29. The average Bonchev–Trinajstić information content (AvgIpc) is 2.95. The summed E-state index contributed by atoms with van der Waals surface area (Å²) >= 11 is 0. The third-order valence-electron chi connectivity index (χ3n) is 11.3. The minimum atomic E-state index is -2.70. The number of allylic oxidation sites excluding steroid dienone is 1. The van der Waals surface area contributed by atoms with Crippen LogP contribution in [0.1, 0.15) is 89.2 Å². The van der Waals surface area contributed by atoms with Crippen LogP contribution in [-0.4, -0.2) is 44.7 Å². The van der Waals surface area contributed by atoms with Gasteiger partial charge in [0.25, 0.3) is 0 Å². The highest BCUT2D eigenvalue weighted by Gasteiger charge is 2.76. The Hall–Kier alpha value is -3.71. The second-order valence-corrected chi connectivity index (χ2v) is 15.2. The Kier molecular flexibility index (Phi) is 8.42. The lowest BCUT2D eigenvalue weighted by Crippen LogP contribution is -2.76. The molecule has 7 unspecified atom stereocenters. The molecule has 0 aliphatic heterocycles. The summed E-state index contributed by atoms with van der Waals surface area (Å²) in [6.45, 7) is 16.7. The Balaban J connectivity index is 1.60. The second kappa shape index (κ2) is 11.5. The van der Waals surface area contributed by atoms with Gasteiger partial charge in [0.05, 0.1) is 11.5 Å². The van der Waals surface area contributed by atoms with Gasteiger partial charge in [0.1, 0.15) is 17.5 Å². The Morgan fingerprint density at radius 1 is 1.00 bits per heavy atom. The molecule has 5 rings (SSSR count). The smallest absolute Gasteiger partial charge is 0.190 e. The van der Waals surface area contributed by atoms with E-state index in [2.05, 4.69) is 20.4 Å². The van der Waals surface area contributed by atoms with Crippen molar-refractivity contribution in [2.24, 2.45) is 40.4 Å². The maximum atomic E-state index is 14.5. The third-order valence-corrected chi connectivity index (χ3v) is 11.3.